The molecule has 0 spiro atoms. The number of allylic oxidation sites excluding steroid dienone is 13. The number of rotatable bonds is 19. The van der Waals surface area contributed by atoms with Crippen LogP contribution in [0.2, 0.25) is 0 Å². The van der Waals surface area contributed by atoms with Crippen molar-refractivity contribution in [1.82, 2.24) is 5.32 Å². The fraction of sp³-hybridized carbons (Fsp3) is 0.500. The first-order chi connectivity index (χ1) is 16.1. The Morgan fingerprint density at radius 3 is 1.73 bits per heavy atom. The van der Waals surface area contributed by atoms with E-state index in [2.05, 4.69) is 37.4 Å². The lowest BCUT2D eigenvalue weighted by molar-refractivity contribution is -0.118. The molecular weight excluding hydrogens is 406 g/mol. The molecule has 0 aromatic carbocycles. The maximum absolute atomic E-state index is 12.1. The Labute approximate surface area is 203 Å². The van der Waals surface area contributed by atoms with Gasteiger partial charge in [-0.15, -0.1) is 0 Å². The van der Waals surface area contributed by atoms with E-state index in [1.807, 2.05) is 61.6 Å². The Bertz CT molecular complexity index is 667. The third kappa shape index (κ3) is 21.2. The van der Waals surface area contributed by atoms with Crippen molar-refractivity contribution in [2.75, 3.05) is 6.54 Å². The molecule has 3 nitrogen and oxygen atoms in total. The Kier molecular flexibility index (Phi) is 21.1. The van der Waals surface area contributed by atoms with Crippen LogP contribution in [0.25, 0.3) is 0 Å². The van der Waals surface area contributed by atoms with Crippen LogP contribution in [0.15, 0.2) is 85.1 Å². The molecule has 184 valence electrons. The Hall–Kier alpha value is -2.39. The van der Waals surface area contributed by atoms with Crippen molar-refractivity contribution < 1.29 is 9.90 Å². The van der Waals surface area contributed by atoms with E-state index in [0.29, 0.717) is 6.54 Å². The molecule has 33 heavy (non-hydrogen) atoms. The van der Waals surface area contributed by atoms with Crippen LogP contribution in [0.1, 0.15) is 85.0 Å². The van der Waals surface area contributed by atoms with Crippen LogP contribution < -0.4 is 5.32 Å². The molecule has 2 N–H and O–H groups in total. The number of unbranched alkanes of at least 4 members (excludes halogenated alkanes) is 5. The summed E-state index contributed by atoms with van der Waals surface area (Å²) < 4.78 is 0. The van der Waals surface area contributed by atoms with Crippen molar-refractivity contribution in [3.8, 4) is 0 Å². The second-order valence-corrected chi connectivity index (χ2v) is 8.33. The molecule has 3 heteroatoms. The van der Waals surface area contributed by atoms with Gasteiger partial charge in [-0.2, -0.15) is 0 Å². The van der Waals surface area contributed by atoms with Gasteiger partial charge in [-0.25, -0.2) is 0 Å². The SMILES string of the molecule is CC=CC=CC=CC=CCCC=CC=CC=CC(=O)NCC(O)(CCCCC)CCCCC. The van der Waals surface area contributed by atoms with Gasteiger partial charge in [0.2, 0.25) is 5.91 Å². The normalized spacial score (nSPS) is 13.5. The zero-order valence-electron chi connectivity index (χ0n) is 21.2. The van der Waals surface area contributed by atoms with Crippen molar-refractivity contribution in [2.45, 2.75) is 90.6 Å². The van der Waals surface area contributed by atoms with E-state index >= 15 is 0 Å². The van der Waals surface area contributed by atoms with Crippen LogP contribution in [0, 0.1) is 0 Å². The fourth-order valence-corrected chi connectivity index (χ4v) is 3.20. The molecule has 0 saturated heterocycles. The van der Waals surface area contributed by atoms with Gasteiger partial charge in [0.05, 0.1) is 5.60 Å². The van der Waals surface area contributed by atoms with Crippen molar-refractivity contribution >= 4 is 5.91 Å². The summed E-state index contributed by atoms with van der Waals surface area (Å²) in [6, 6.07) is 0. The van der Waals surface area contributed by atoms with E-state index in [4.69, 9.17) is 0 Å². The van der Waals surface area contributed by atoms with E-state index in [0.717, 1.165) is 64.2 Å². The van der Waals surface area contributed by atoms with Gasteiger partial charge in [0.1, 0.15) is 0 Å². The summed E-state index contributed by atoms with van der Waals surface area (Å²) in [5.74, 6) is -0.160. The van der Waals surface area contributed by atoms with E-state index in [1.165, 1.54) is 6.08 Å². The first-order valence-corrected chi connectivity index (χ1v) is 12.7. The van der Waals surface area contributed by atoms with Gasteiger partial charge in [0.15, 0.2) is 0 Å². The molecule has 0 heterocycles. The first-order valence-electron chi connectivity index (χ1n) is 12.7. The number of hydrogen-bond donors (Lipinski definition) is 2. The highest BCUT2D eigenvalue weighted by molar-refractivity contribution is 5.87. The predicted octanol–water partition coefficient (Wildman–Crippen LogP) is 7.69. The zero-order chi connectivity index (χ0) is 24.5. The van der Waals surface area contributed by atoms with E-state index in [9.17, 15) is 9.90 Å². The number of nitrogens with one attached hydrogen (secondary N) is 1. The van der Waals surface area contributed by atoms with E-state index < -0.39 is 5.60 Å². The summed E-state index contributed by atoms with van der Waals surface area (Å²) in [5.41, 5.74) is -0.792. The van der Waals surface area contributed by atoms with Gasteiger partial charge >= 0.3 is 0 Å². The largest absolute Gasteiger partial charge is 0.388 e. The highest BCUT2D eigenvalue weighted by Gasteiger charge is 2.26. The van der Waals surface area contributed by atoms with Gasteiger partial charge in [-0.05, 0) is 32.6 Å². The summed E-state index contributed by atoms with van der Waals surface area (Å²) in [5, 5.41) is 13.8. The smallest absolute Gasteiger partial charge is 0.244 e. The Morgan fingerprint density at radius 1 is 0.727 bits per heavy atom. The minimum Gasteiger partial charge on any atom is -0.388 e. The molecule has 0 aromatic rings. The van der Waals surface area contributed by atoms with E-state index in [1.54, 1.807) is 6.08 Å². The van der Waals surface area contributed by atoms with Gasteiger partial charge in [0.25, 0.3) is 0 Å². The van der Waals surface area contributed by atoms with Crippen molar-refractivity contribution in [3.63, 3.8) is 0 Å². The van der Waals surface area contributed by atoms with E-state index in [-0.39, 0.29) is 5.91 Å². The lowest BCUT2D eigenvalue weighted by Gasteiger charge is -2.28. The number of aliphatic hydroxyl groups is 1. The number of carbonyl (C=O) groups excluding carboxylic acids is 1. The minimum atomic E-state index is -0.792. The number of carbonyl (C=O) groups is 1. The molecule has 1 amide bonds. The number of hydrogen-bond acceptors (Lipinski definition) is 2. The Morgan fingerprint density at radius 2 is 1.21 bits per heavy atom. The third-order valence-corrected chi connectivity index (χ3v) is 5.18. The molecule has 0 fully saturated rings. The number of amides is 1. The molecule has 0 aliphatic rings. The lowest BCUT2D eigenvalue weighted by atomic mass is 9.90. The molecule has 0 saturated carbocycles. The monoisotopic (exact) mass is 453 g/mol. The van der Waals surface area contributed by atoms with Gasteiger partial charge in [-0.1, -0.05) is 131 Å². The van der Waals surface area contributed by atoms with Crippen LogP contribution >= 0.6 is 0 Å². The summed E-state index contributed by atoms with van der Waals surface area (Å²) in [4.78, 5) is 12.1. The Balaban J connectivity index is 4.20. The highest BCUT2D eigenvalue weighted by Crippen LogP contribution is 2.22. The minimum absolute atomic E-state index is 0.160. The molecule has 0 aromatic heterocycles. The van der Waals surface area contributed by atoms with Crippen molar-refractivity contribution in [3.05, 3.63) is 85.1 Å². The van der Waals surface area contributed by atoms with Crippen LogP contribution in [0.5, 0.6) is 0 Å². The summed E-state index contributed by atoms with van der Waals surface area (Å²) in [6.45, 7) is 6.64. The molecule has 0 aliphatic carbocycles. The second-order valence-electron chi connectivity index (χ2n) is 8.33. The van der Waals surface area contributed by atoms with Gasteiger partial charge in [-0.3, -0.25) is 4.79 Å². The van der Waals surface area contributed by atoms with Crippen molar-refractivity contribution in [1.29, 1.82) is 0 Å². The molecule has 0 radical (unpaired) electrons. The maximum Gasteiger partial charge on any atom is 0.244 e. The molecule has 0 unspecified atom stereocenters. The second kappa shape index (κ2) is 22.8. The average Bonchev–Trinajstić information content (AvgIpc) is 2.81. The summed E-state index contributed by atoms with van der Waals surface area (Å²) in [7, 11) is 0. The molecule has 0 bridgehead atoms. The highest BCUT2D eigenvalue weighted by atomic mass is 16.3. The predicted molar refractivity (Wildman–Crippen MR) is 145 cm³/mol. The topological polar surface area (TPSA) is 49.3 Å². The molecular formula is C30H47NO2. The fourth-order valence-electron chi connectivity index (χ4n) is 3.20. The molecule has 0 atom stereocenters. The third-order valence-electron chi connectivity index (χ3n) is 5.18. The van der Waals surface area contributed by atoms with Gasteiger partial charge < -0.3 is 10.4 Å². The summed E-state index contributed by atoms with van der Waals surface area (Å²) in [6.07, 6.45) is 37.3. The van der Waals surface area contributed by atoms with Crippen molar-refractivity contribution in [2.24, 2.45) is 0 Å². The molecule has 0 aliphatic heterocycles. The van der Waals surface area contributed by atoms with Crippen LogP contribution in [0.3, 0.4) is 0 Å². The average molecular weight is 454 g/mol. The first kappa shape index (κ1) is 30.6. The lowest BCUT2D eigenvalue weighted by Crippen LogP contribution is -2.42. The standard InChI is InChI=1S/C30H47NO2/c1-4-7-10-11-12-13-14-15-16-17-18-19-20-21-22-25-29(32)31-28-30(33,26-23-8-5-2)27-24-9-6-3/h4,7,10-15,18-22,25,33H,5-6,8-9,16-17,23-24,26-28H2,1-3H3,(H,31,32). The van der Waals surface area contributed by atoms with Crippen LogP contribution in [-0.4, -0.2) is 23.2 Å². The van der Waals surface area contributed by atoms with Crippen LogP contribution in [-0.2, 0) is 4.79 Å². The quantitative estimate of drug-likeness (QED) is 0.120. The zero-order valence-corrected chi connectivity index (χ0v) is 21.2. The summed E-state index contributed by atoms with van der Waals surface area (Å²) >= 11 is 0. The van der Waals surface area contributed by atoms with Crippen LogP contribution in [0.4, 0.5) is 0 Å². The maximum atomic E-state index is 12.1. The van der Waals surface area contributed by atoms with Gasteiger partial charge in [0, 0.05) is 12.6 Å². The molecule has 0 rings (SSSR count).